The van der Waals surface area contributed by atoms with Gasteiger partial charge in [-0.15, -0.1) is 0 Å². The Kier molecular flexibility index (Phi) is 1.45. The van der Waals surface area contributed by atoms with Crippen LogP contribution in [0.25, 0.3) is 11.0 Å². The molecule has 14 heavy (non-hydrogen) atoms. The Balaban J connectivity index is 2.29. The third-order valence-corrected chi connectivity index (χ3v) is 2.68. The monoisotopic (exact) mass is 188 g/mol. The summed E-state index contributed by atoms with van der Waals surface area (Å²) in [7, 11) is 0. The van der Waals surface area contributed by atoms with Crippen molar-refractivity contribution < 1.29 is 0 Å². The van der Waals surface area contributed by atoms with Crippen LogP contribution in [0.5, 0.6) is 0 Å². The minimum atomic E-state index is 0.674. The lowest BCUT2D eigenvalue weighted by Crippen LogP contribution is -2.11. The average molecular weight is 188 g/mol. The van der Waals surface area contributed by atoms with Gasteiger partial charge in [0, 0.05) is 12.2 Å². The maximum absolute atomic E-state index is 11.3. The molecule has 1 aromatic carbocycles. The molecule has 0 radical (unpaired) electrons. The zero-order chi connectivity index (χ0) is 9.54. The third-order valence-electron chi connectivity index (χ3n) is 2.68. The minimum Gasteiger partial charge on any atom is -0.805 e. The van der Waals surface area contributed by atoms with Gasteiger partial charge in [0.2, 0.25) is 0 Å². The van der Waals surface area contributed by atoms with Gasteiger partial charge in [-0.2, -0.15) is 0 Å². The molecule has 72 valence electrons. The molecule has 0 fully saturated rings. The number of imidazole rings is 1. The van der Waals surface area contributed by atoms with Gasteiger partial charge in [0.25, 0.3) is 0 Å². The van der Waals surface area contributed by atoms with Crippen LogP contribution < -0.4 is 5.32 Å². The standard InChI is InChI=1S/C10H10N3O/c14-13-6-12-9-5-8-7(4-10(9)13)2-1-3-11-8/h4-6,11H,1-3H2/q-1. The number of aryl methyl sites for hydroxylation is 1. The van der Waals surface area contributed by atoms with Crippen molar-refractivity contribution in [2.75, 3.05) is 11.9 Å². The molecule has 4 nitrogen and oxygen atoms in total. The van der Waals surface area contributed by atoms with Crippen LogP contribution in [-0.2, 0) is 6.42 Å². The van der Waals surface area contributed by atoms with E-state index in [9.17, 15) is 5.21 Å². The van der Waals surface area contributed by atoms with Gasteiger partial charge in [0.1, 0.15) is 0 Å². The van der Waals surface area contributed by atoms with Crippen molar-refractivity contribution in [3.05, 3.63) is 29.2 Å². The molecule has 0 saturated heterocycles. The molecule has 0 saturated carbocycles. The molecule has 4 heteroatoms. The highest BCUT2D eigenvalue weighted by molar-refractivity contribution is 5.82. The summed E-state index contributed by atoms with van der Waals surface area (Å²) in [5.41, 5.74) is 3.80. The number of nitrogens with zero attached hydrogens (tertiary/aromatic N) is 2. The van der Waals surface area contributed by atoms with Gasteiger partial charge in [-0.05, 0) is 30.5 Å². The van der Waals surface area contributed by atoms with Gasteiger partial charge in [-0.25, -0.2) is 4.98 Å². The van der Waals surface area contributed by atoms with Crippen LogP contribution in [0.2, 0.25) is 0 Å². The normalized spacial score (nSPS) is 15.1. The molecule has 1 aromatic heterocycles. The summed E-state index contributed by atoms with van der Waals surface area (Å²) in [5.74, 6) is 0. The lowest BCUT2D eigenvalue weighted by molar-refractivity contribution is 0.831. The minimum absolute atomic E-state index is 0.674. The second kappa shape index (κ2) is 2.64. The molecular weight excluding hydrogens is 178 g/mol. The zero-order valence-corrected chi connectivity index (χ0v) is 7.66. The lowest BCUT2D eigenvalue weighted by Gasteiger charge is -2.18. The summed E-state index contributed by atoms with van der Waals surface area (Å²) in [5, 5.41) is 14.6. The Morgan fingerprint density at radius 2 is 2.36 bits per heavy atom. The van der Waals surface area contributed by atoms with Crippen LogP contribution in [0, 0.1) is 5.21 Å². The summed E-state index contributed by atoms with van der Waals surface area (Å²) in [6.45, 7) is 1.01. The van der Waals surface area contributed by atoms with Crippen molar-refractivity contribution in [3.8, 4) is 0 Å². The predicted octanol–water partition coefficient (Wildman–Crippen LogP) is 1.74. The molecule has 0 atom stereocenters. The highest BCUT2D eigenvalue weighted by Crippen LogP contribution is 2.26. The van der Waals surface area contributed by atoms with Gasteiger partial charge in [0.15, 0.2) is 0 Å². The fraction of sp³-hybridized carbons (Fsp3) is 0.300. The first kappa shape index (κ1) is 7.67. The van der Waals surface area contributed by atoms with Crippen LogP contribution in [0.1, 0.15) is 12.0 Å². The van der Waals surface area contributed by atoms with Crippen LogP contribution in [-0.4, -0.2) is 16.3 Å². The van der Waals surface area contributed by atoms with Gasteiger partial charge in [-0.3, -0.25) is 0 Å². The van der Waals surface area contributed by atoms with E-state index in [-0.39, 0.29) is 0 Å². The molecule has 0 unspecified atom stereocenters. The Morgan fingerprint density at radius 1 is 1.43 bits per heavy atom. The Hall–Kier alpha value is -1.71. The van der Waals surface area contributed by atoms with E-state index in [2.05, 4.69) is 10.3 Å². The number of benzene rings is 1. The summed E-state index contributed by atoms with van der Waals surface area (Å²) in [6, 6.07) is 3.90. The van der Waals surface area contributed by atoms with E-state index >= 15 is 0 Å². The summed E-state index contributed by atoms with van der Waals surface area (Å²) in [4.78, 5) is 4.04. The first-order chi connectivity index (χ1) is 6.84. The van der Waals surface area contributed by atoms with E-state index in [0.29, 0.717) is 5.52 Å². The maximum Gasteiger partial charge on any atom is 0.0911 e. The molecule has 1 aliphatic rings. The van der Waals surface area contributed by atoms with Crippen molar-refractivity contribution in [2.45, 2.75) is 12.8 Å². The van der Waals surface area contributed by atoms with E-state index in [1.807, 2.05) is 12.1 Å². The lowest BCUT2D eigenvalue weighted by atomic mass is 10.0. The van der Waals surface area contributed by atoms with Crippen LogP contribution in [0.15, 0.2) is 18.5 Å². The number of rotatable bonds is 0. The van der Waals surface area contributed by atoms with Crippen molar-refractivity contribution >= 4 is 16.7 Å². The van der Waals surface area contributed by atoms with Crippen molar-refractivity contribution in [1.29, 1.82) is 0 Å². The zero-order valence-electron chi connectivity index (χ0n) is 7.66. The third kappa shape index (κ3) is 0.968. The topological polar surface area (TPSA) is 52.9 Å². The van der Waals surface area contributed by atoms with Crippen LogP contribution in [0.3, 0.4) is 0 Å². The maximum atomic E-state index is 11.3. The second-order valence-corrected chi connectivity index (χ2v) is 3.60. The van der Waals surface area contributed by atoms with Gasteiger partial charge in [-0.1, -0.05) is 0 Å². The fourth-order valence-electron chi connectivity index (χ4n) is 1.95. The highest BCUT2D eigenvalue weighted by Gasteiger charge is 2.10. The molecule has 1 N–H and O–H groups in total. The number of aromatic nitrogens is 2. The number of hydrogen-bond donors (Lipinski definition) is 1. The molecule has 2 aromatic rings. The van der Waals surface area contributed by atoms with E-state index in [0.717, 1.165) is 35.3 Å². The van der Waals surface area contributed by atoms with Crippen molar-refractivity contribution in [3.63, 3.8) is 0 Å². The molecule has 0 bridgehead atoms. The smallest absolute Gasteiger partial charge is 0.0911 e. The molecule has 0 spiro atoms. The van der Waals surface area contributed by atoms with Crippen LogP contribution >= 0.6 is 0 Å². The summed E-state index contributed by atoms with van der Waals surface area (Å²) < 4.78 is 0.824. The van der Waals surface area contributed by atoms with Gasteiger partial charge < -0.3 is 15.3 Å². The SMILES string of the molecule is [O-]n1cnc2cc3c(cc21)CCCN3. The predicted molar refractivity (Wildman–Crippen MR) is 55.3 cm³/mol. The van der Waals surface area contributed by atoms with Gasteiger partial charge in [0.05, 0.1) is 17.4 Å². The largest absolute Gasteiger partial charge is 0.805 e. The van der Waals surface area contributed by atoms with Crippen molar-refractivity contribution in [1.82, 2.24) is 9.71 Å². The summed E-state index contributed by atoms with van der Waals surface area (Å²) in [6.07, 6.45) is 3.49. The van der Waals surface area contributed by atoms with E-state index in [4.69, 9.17) is 0 Å². The van der Waals surface area contributed by atoms with Crippen molar-refractivity contribution in [2.24, 2.45) is 0 Å². The molecule has 1 aliphatic heterocycles. The molecular formula is C10H10N3O-. The Morgan fingerprint density at radius 3 is 3.29 bits per heavy atom. The van der Waals surface area contributed by atoms with E-state index in [1.54, 1.807) is 0 Å². The van der Waals surface area contributed by atoms with Gasteiger partial charge >= 0.3 is 0 Å². The quantitative estimate of drug-likeness (QED) is 0.685. The molecule has 3 rings (SSSR count). The number of fused-ring (bicyclic) bond motifs is 2. The number of nitrogens with one attached hydrogen (secondary N) is 1. The van der Waals surface area contributed by atoms with E-state index in [1.165, 1.54) is 11.9 Å². The molecule has 0 aliphatic carbocycles. The first-order valence-electron chi connectivity index (χ1n) is 4.76. The van der Waals surface area contributed by atoms with Crippen LogP contribution in [0.4, 0.5) is 5.69 Å². The highest BCUT2D eigenvalue weighted by atomic mass is 16.5. The fourth-order valence-corrected chi connectivity index (χ4v) is 1.95. The number of hydrogen-bond acceptors (Lipinski definition) is 3. The average Bonchev–Trinajstić information content (AvgIpc) is 2.57. The Labute approximate surface area is 81.1 Å². The summed E-state index contributed by atoms with van der Waals surface area (Å²) >= 11 is 0. The number of anilines is 1. The molecule has 0 amide bonds. The first-order valence-corrected chi connectivity index (χ1v) is 4.76. The molecule has 2 heterocycles. The Bertz CT molecular complexity index is 489. The van der Waals surface area contributed by atoms with E-state index < -0.39 is 0 Å². The second-order valence-electron chi connectivity index (χ2n) is 3.60.